The van der Waals surface area contributed by atoms with Gasteiger partial charge in [-0.2, -0.15) is 39.5 Å². The fraction of sp³-hybridized carbons (Fsp3) is 0.381. The highest BCUT2D eigenvalue weighted by atomic mass is 19.4. The summed E-state index contributed by atoms with van der Waals surface area (Å²) in [6.07, 6.45) is -16.2. The van der Waals surface area contributed by atoms with Gasteiger partial charge in [-0.25, -0.2) is 0 Å². The highest BCUT2D eigenvalue weighted by molar-refractivity contribution is 6.06. The van der Waals surface area contributed by atoms with E-state index in [1.54, 1.807) is 6.92 Å². The van der Waals surface area contributed by atoms with Crippen LogP contribution in [0.1, 0.15) is 30.9 Å². The Morgan fingerprint density at radius 2 is 1.33 bits per heavy atom. The Balaban J connectivity index is 2.49. The van der Waals surface area contributed by atoms with Crippen molar-refractivity contribution in [3.63, 3.8) is 0 Å². The number of aliphatic hydroxyl groups is 1. The molecule has 1 heterocycles. The van der Waals surface area contributed by atoms with Gasteiger partial charge in [0.1, 0.15) is 0 Å². The summed E-state index contributed by atoms with van der Waals surface area (Å²) >= 11 is 0. The predicted molar refractivity (Wildman–Crippen MR) is 102 cm³/mol. The van der Waals surface area contributed by atoms with Crippen molar-refractivity contribution in [1.29, 1.82) is 0 Å². The molecule has 0 atom stereocenters. The first-order valence-corrected chi connectivity index (χ1v) is 9.58. The van der Waals surface area contributed by atoms with E-state index in [0.29, 0.717) is 37.1 Å². The third kappa shape index (κ3) is 4.04. The quantitative estimate of drug-likeness (QED) is 0.349. The number of hydrogen-bond donors (Lipinski definition) is 1. The molecule has 0 saturated carbocycles. The van der Waals surface area contributed by atoms with Crippen molar-refractivity contribution < 1.29 is 44.6 Å². The lowest BCUT2D eigenvalue weighted by Gasteiger charge is -2.33. The minimum Gasteiger partial charge on any atom is -0.369 e. The molecular formula is C21H16F9NO2. The zero-order chi connectivity index (χ0) is 25.0. The number of aryl methyl sites for hydroxylation is 1. The number of rotatable bonds is 4. The van der Waals surface area contributed by atoms with Crippen LogP contribution in [0.3, 0.4) is 0 Å². The third-order valence-electron chi connectivity index (χ3n) is 5.37. The van der Waals surface area contributed by atoms with Gasteiger partial charge >= 0.3 is 18.5 Å². The Kier molecular flexibility index (Phi) is 5.97. The van der Waals surface area contributed by atoms with Gasteiger partial charge in [0, 0.05) is 22.9 Å². The fourth-order valence-electron chi connectivity index (χ4n) is 3.62. The number of aromatic nitrogens is 1. The molecule has 0 saturated heterocycles. The molecule has 0 radical (unpaired) electrons. The second kappa shape index (κ2) is 7.93. The van der Waals surface area contributed by atoms with Crippen LogP contribution in [-0.2, 0) is 18.3 Å². The van der Waals surface area contributed by atoms with E-state index in [4.69, 9.17) is 0 Å². The van der Waals surface area contributed by atoms with Gasteiger partial charge in [0.2, 0.25) is 0 Å². The molecular weight excluding hydrogens is 469 g/mol. The van der Waals surface area contributed by atoms with E-state index in [0.717, 1.165) is 16.7 Å². The zero-order valence-electron chi connectivity index (χ0n) is 16.8. The molecule has 1 N–H and O–H groups in total. The molecule has 3 nitrogen and oxygen atoms in total. The molecule has 1 aromatic heterocycles. The summed E-state index contributed by atoms with van der Waals surface area (Å²) in [7, 11) is 0. The number of pyridine rings is 1. The summed E-state index contributed by atoms with van der Waals surface area (Å²) in [6, 6.07) is 3.39. The Hall–Kier alpha value is -2.76. The maximum absolute atomic E-state index is 13.4. The summed E-state index contributed by atoms with van der Waals surface area (Å²) in [5.41, 5.74) is -9.04. The molecule has 12 heteroatoms. The van der Waals surface area contributed by atoms with E-state index < -0.39 is 51.6 Å². The van der Waals surface area contributed by atoms with Crippen molar-refractivity contribution >= 4 is 21.7 Å². The summed E-state index contributed by atoms with van der Waals surface area (Å²) in [6.45, 7) is 1.81. The Bertz CT molecular complexity index is 1240. The van der Waals surface area contributed by atoms with Crippen molar-refractivity contribution in [2.75, 3.05) is 0 Å². The highest BCUT2D eigenvalue weighted by Crippen LogP contribution is 2.50. The topological polar surface area (TPSA) is 42.2 Å². The largest absolute Gasteiger partial charge is 0.430 e. The zero-order valence-corrected chi connectivity index (χ0v) is 16.8. The van der Waals surface area contributed by atoms with Gasteiger partial charge in [-0.15, -0.1) is 0 Å². The van der Waals surface area contributed by atoms with Crippen molar-refractivity contribution in [3.8, 4) is 0 Å². The van der Waals surface area contributed by atoms with Gasteiger partial charge in [0.05, 0.1) is 11.1 Å². The van der Waals surface area contributed by atoms with Crippen LogP contribution in [0.5, 0.6) is 0 Å². The van der Waals surface area contributed by atoms with E-state index in [1.165, 1.54) is 0 Å². The first-order valence-electron chi connectivity index (χ1n) is 9.58. The number of halogens is 9. The van der Waals surface area contributed by atoms with E-state index in [2.05, 4.69) is 0 Å². The molecule has 33 heavy (non-hydrogen) atoms. The van der Waals surface area contributed by atoms with Crippen LogP contribution in [0.2, 0.25) is 0 Å². The maximum atomic E-state index is 13.4. The Morgan fingerprint density at radius 3 is 1.85 bits per heavy atom. The normalized spacial score (nSPS) is 13.8. The van der Waals surface area contributed by atoms with Crippen LogP contribution in [-0.4, -0.2) is 22.0 Å². The van der Waals surface area contributed by atoms with Crippen LogP contribution in [0, 0.1) is 0 Å². The van der Waals surface area contributed by atoms with E-state index in [9.17, 15) is 49.4 Å². The predicted octanol–water partition coefficient (Wildman–Crippen LogP) is 6.29. The number of benzene rings is 2. The van der Waals surface area contributed by atoms with Gasteiger partial charge in [0.15, 0.2) is 0 Å². The molecule has 3 rings (SSSR count). The monoisotopic (exact) mass is 485 g/mol. The minimum absolute atomic E-state index is 0.0327. The lowest BCUT2D eigenvalue weighted by atomic mass is 9.90. The first kappa shape index (κ1) is 24.9. The highest BCUT2D eigenvalue weighted by Gasteiger charge is 2.71. The summed E-state index contributed by atoms with van der Waals surface area (Å²) < 4.78 is 121. The molecule has 2 aromatic carbocycles. The number of fused-ring (bicyclic) bond motifs is 3. The molecule has 0 bridgehead atoms. The molecule has 0 spiro atoms. The summed E-state index contributed by atoms with van der Waals surface area (Å²) in [5, 5.41) is 8.48. The van der Waals surface area contributed by atoms with Gasteiger partial charge in [0.25, 0.3) is 11.2 Å². The molecule has 0 aliphatic heterocycles. The van der Waals surface area contributed by atoms with Crippen LogP contribution >= 0.6 is 0 Å². The average Bonchev–Trinajstić information content (AvgIpc) is 2.70. The van der Waals surface area contributed by atoms with Gasteiger partial charge in [-0.05, 0) is 42.1 Å². The maximum Gasteiger partial charge on any atom is 0.430 e. The second-order valence-electron chi connectivity index (χ2n) is 7.51. The fourth-order valence-corrected chi connectivity index (χ4v) is 3.62. The molecule has 0 aliphatic carbocycles. The van der Waals surface area contributed by atoms with Crippen LogP contribution < -0.4 is 5.56 Å². The number of hydrogen-bond acceptors (Lipinski definition) is 2. The molecule has 3 aromatic rings. The van der Waals surface area contributed by atoms with Crippen LogP contribution in [0.15, 0.2) is 41.2 Å². The van der Waals surface area contributed by atoms with Crippen molar-refractivity contribution in [3.05, 3.63) is 57.9 Å². The summed E-state index contributed by atoms with van der Waals surface area (Å²) in [5.74, 6) is 0. The van der Waals surface area contributed by atoms with Crippen molar-refractivity contribution in [2.24, 2.45) is 0 Å². The molecule has 0 amide bonds. The molecule has 0 aliphatic rings. The van der Waals surface area contributed by atoms with Gasteiger partial charge in [-0.1, -0.05) is 19.4 Å². The van der Waals surface area contributed by atoms with Crippen LogP contribution in [0.25, 0.3) is 21.7 Å². The number of unbranched alkanes of at least 4 members (excludes halogenated alkanes) is 1. The van der Waals surface area contributed by atoms with Gasteiger partial charge in [-0.3, -0.25) is 4.79 Å². The van der Waals surface area contributed by atoms with E-state index in [-0.39, 0.29) is 17.4 Å². The SMILES string of the molecule is CCCCn1c(=O)c2ccc(C(F)(F)F)cc2c2cc(C(O)(C(F)(F)F)C(F)(F)F)ccc21. The summed E-state index contributed by atoms with van der Waals surface area (Å²) in [4.78, 5) is 12.9. The molecule has 0 fully saturated rings. The number of alkyl halides is 9. The molecule has 180 valence electrons. The Labute approximate surface area is 180 Å². The van der Waals surface area contributed by atoms with E-state index in [1.807, 2.05) is 0 Å². The van der Waals surface area contributed by atoms with Crippen LogP contribution in [0.4, 0.5) is 39.5 Å². The third-order valence-corrected chi connectivity index (χ3v) is 5.37. The van der Waals surface area contributed by atoms with Gasteiger partial charge < -0.3 is 9.67 Å². The molecule has 0 unspecified atom stereocenters. The first-order chi connectivity index (χ1) is 15.0. The van der Waals surface area contributed by atoms with E-state index >= 15 is 0 Å². The lowest BCUT2D eigenvalue weighted by molar-refractivity contribution is -0.376. The minimum atomic E-state index is -6.18. The van der Waals surface area contributed by atoms with Crippen molar-refractivity contribution in [1.82, 2.24) is 4.57 Å². The number of nitrogens with zero attached hydrogens (tertiary/aromatic N) is 1. The smallest absolute Gasteiger partial charge is 0.369 e. The lowest BCUT2D eigenvalue weighted by Crippen LogP contribution is -2.53. The standard InChI is InChI=1S/C21H16F9NO2/c1-2-3-8-31-16-7-5-11(18(33,20(25,26)27)21(28,29)30)9-15(16)14-10-12(19(22,23)24)4-6-13(14)17(31)32/h4-7,9-10,33H,2-3,8H2,1H3. The second-order valence-corrected chi connectivity index (χ2v) is 7.51. The van der Waals surface area contributed by atoms with Crippen molar-refractivity contribution in [2.45, 2.75) is 50.4 Å². The average molecular weight is 485 g/mol. The Morgan fingerprint density at radius 1 is 0.788 bits per heavy atom.